The van der Waals surface area contributed by atoms with Gasteiger partial charge in [0.1, 0.15) is 0 Å². The minimum atomic E-state index is -2.97. The van der Waals surface area contributed by atoms with Gasteiger partial charge in [-0.2, -0.15) is 8.78 Å². The number of carbonyl (C=O) groups is 1. The average molecular weight is 450 g/mol. The van der Waals surface area contributed by atoms with E-state index < -0.39 is 12.7 Å². The molecule has 1 aromatic heterocycles. The molecule has 2 aromatic rings. The van der Waals surface area contributed by atoms with Crippen molar-refractivity contribution in [2.75, 3.05) is 39.8 Å². The molecule has 2 N–H and O–H groups in total. The van der Waals surface area contributed by atoms with Crippen molar-refractivity contribution < 1.29 is 27.5 Å². The fourth-order valence-electron chi connectivity index (χ4n) is 3.52. The van der Waals surface area contributed by atoms with Crippen LogP contribution in [-0.2, 0) is 0 Å². The van der Waals surface area contributed by atoms with Crippen LogP contribution in [0.2, 0.25) is 0 Å². The van der Waals surface area contributed by atoms with Crippen LogP contribution in [0.15, 0.2) is 22.6 Å². The minimum Gasteiger partial charge on any atom is -0.489 e. The third-order valence-electron chi connectivity index (χ3n) is 5.64. The van der Waals surface area contributed by atoms with Crippen LogP contribution in [0.3, 0.4) is 0 Å². The SMILES string of the molecule is C[C@H](N)c1oc(-c2ccc(OC(F)F)c(OCC3CC3)c2)nc1C(=O)N1CCN(C)CC1. The number of carbonyl (C=O) groups excluding carboxylic acids is 1. The van der Waals surface area contributed by atoms with Crippen LogP contribution in [0.5, 0.6) is 11.5 Å². The first-order chi connectivity index (χ1) is 15.3. The second-order valence-electron chi connectivity index (χ2n) is 8.41. The molecule has 1 amide bonds. The number of aromatic nitrogens is 1. The van der Waals surface area contributed by atoms with Crippen molar-refractivity contribution in [3.8, 4) is 23.0 Å². The molecule has 1 atom stereocenters. The summed E-state index contributed by atoms with van der Waals surface area (Å²) in [5, 5.41) is 0. The topological polar surface area (TPSA) is 94.1 Å². The zero-order chi connectivity index (χ0) is 22.8. The Hall–Kier alpha value is -2.72. The number of hydrogen-bond acceptors (Lipinski definition) is 7. The van der Waals surface area contributed by atoms with Gasteiger partial charge in [-0.15, -0.1) is 0 Å². The van der Waals surface area contributed by atoms with Crippen LogP contribution in [0.25, 0.3) is 11.5 Å². The molecule has 0 bridgehead atoms. The normalized spacial score (nSPS) is 18.1. The monoisotopic (exact) mass is 450 g/mol. The molecule has 2 heterocycles. The maximum atomic E-state index is 13.1. The molecule has 2 fully saturated rings. The molecule has 0 unspecified atom stereocenters. The van der Waals surface area contributed by atoms with Gasteiger partial charge in [-0.25, -0.2) is 4.98 Å². The van der Waals surface area contributed by atoms with Gasteiger partial charge in [-0.1, -0.05) is 0 Å². The molecule has 1 saturated heterocycles. The lowest BCUT2D eigenvalue weighted by Crippen LogP contribution is -2.47. The number of hydrogen-bond donors (Lipinski definition) is 1. The van der Waals surface area contributed by atoms with Crippen LogP contribution < -0.4 is 15.2 Å². The molecule has 1 aliphatic carbocycles. The Kier molecular flexibility index (Phi) is 6.61. The molecule has 32 heavy (non-hydrogen) atoms. The van der Waals surface area contributed by atoms with Gasteiger partial charge in [-0.3, -0.25) is 4.79 Å². The van der Waals surface area contributed by atoms with Gasteiger partial charge < -0.3 is 29.4 Å². The fraction of sp³-hybridized carbons (Fsp3) is 0.545. The number of rotatable bonds is 8. The predicted octanol–water partition coefficient (Wildman–Crippen LogP) is 3.14. The molecule has 4 rings (SSSR count). The maximum Gasteiger partial charge on any atom is 0.387 e. The lowest BCUT2D eigenvalue weighted by atomic mass is 10.2. The Morgan fingerprint density at radius 1 is 1.25 bits per heavy atom. The third-order valence-corrected chi connectivity index (χ3v) is 5.64. The van der Waals surface area contributed by atoms with Gasteiger partial charge in [-0.05, 0) is 50.9 Å². The second kappa shape index (κ2) is 9.41. The number of nitrogens with two attached hydrogens (primary N) is 1. The van der Waals surface area contributed by atoms with Gasteiger partial charge in [0.15, 0.2) is 23.0 Å². The molecule has 0 spiro atoms. The predicted molar refractivity (Wildman–Crippen MR) is 113 cm³/mol. The zero-order valence-corrected chi connectivity index (χ0v) is 18.2. The van der Waals surface area contributed by atoms with Crippen molar-refractivity contribution in [1.82, 2.24) is 14.8 Å². The largest absolute Gasteiger partial charge is 0.489 e. The standard InChI is InChI=1S/C22H28F2N4O4/c1-13(25)19-18(21(29)28-9-7-27(2)8-10-28)26-20(32-19)15-5-6-16(31-22(23)24)17(11-15)30-12-14-3-4-14/h5-6,11,13-14,22H,3-4,7-10,12,25H2,1-2H3/t13-/m0/s1. The molecular formula is C22H28F2N4O4. The van der Waals surface area contributed by atoms with Crippen LogP contribution in [0.4, 0.5) is 8.78 Å². The average Bonchev–Trinajstić information content (AvgIpc) is 3.48. The van der Waals surface area contributed by atoms with Gasteiger partial charge >= 0.3 is 6.61 Å². The van der Waals surface area contributed by atoms with Crippen molar-refractivity contribution in [2.24, 2.45) is 11.7 Å². The Bertz CT molecular complexity index is 953. The van der Waals surface area contributed by atoms with Crippen molar-refractivity contribution in [1.29, 1.82) is 0 Å². The molecule has 0 radical (unpaired) electrons. The highest BCUT2D eigenvalue weighted by atomic mass is 19.3. The first kappa shape index (κ1) is 22.5. The van der Waals surface area contributed by atoms with Crippen molar-refractivity contribution in [2.45, 2.75) is 32.4 Å². The van der Waals surface area contributed by atoms with Crippen LogP contribution in [0.1, 0.15) is 42.1 Å². The third kappa shape index (κ3) is 5.18. The molecule has 2 aliphatic rings. The van der Waals surface area contributed by atoms with E-state index in [9.17, 15) is 13.6 Å². The lowest BCUT2D eigenvalue weighted by molar-refractivity contribution is -0.0515. The number of piperazine rings is 1. The Morgan fingerprint density at radius 3 is 2.59 bits per heavy atom. The van der Waals surface area contributed by atoms with E-state index in [4.69, 9.17) is 14.9 Å². The first-order valence-corrected chi connectivity index (χ1v) is 10.8. The Morgan fingerprint density at radius 2 is 1.97 bits per heavy atom. The van der Waals surface area contributed by atoms with Crippen molar-refractivity contribution >= 4 is 5.91 Å². The van der Waals surface area contributed by atoms with E-state index in [0.717, 1.165) is 25.9 Å². The highest BCUT2D eigenvalue weighted by Gasteiger charge is 2.29. The number of benzene rings is 1. The summed E-state index contributed by atoms with van der Waals surface area (Å²) in [4.78, 5) is 21.4. The second-order valence-corrected chi connectivity index (χ2v) is 8.41. The zero-order valence-electron chi connectivity index (χ0n) is 18.2. The summed E-state index contributed by atoms with van der Waals surface area (Å²) in [6, 6.07) is 3.93. The summed E-state index contributed by atoms with van der Waals surface area (Å²) in [7, 11) is 2.01. The molecule has 8 nitrogen and oxygen atoms in total. The van der Waals surface area contributed by atoms with Gasteiger partial charge in [0.05, 0.1) is 12.6 Å². The summed E-state index contributed by atoms with van der Waals surface area (Å²) in [5.74, 6) is 0.784. The van der Waals surface area contributed by atoms with Crippen LogP contribution in [-0.4, -0.2) is 67.1 Å². The number of nitrogens with zero attached hydrogens (tertiary/aromatic N) is 3. The van der Waals surface area contributed by atoms with Gasteiger partial charge in [0.2, 0.25) is 5.89 Å². The highest BCUT2D eigenvalue weighted by molar-refractivity contribution is 5.94. The van der Waals surface area contributed by atoms with E-state index in [1.165, 1.54) is 6.07 Å². The van der Waals surface area contributed by atoms with Crippen LogP contribution in [0, 0.1) is 5.92 Å². The summed E-state index contributed by atoms with van der Waals surface area (Å²) < 4.78 is 41.8. The number of halogens is 2. The summed E-state index contributed by atoms with van der Waals surface area (Å²) in [6.45, 7) is 1.91. The minimum absolute atomic E-state index is 0.0582. The number of alkyl halides is 2. The number of ether oxygens (including phenoxy) is 2. The number of likely N-dealkylation sites (N-methyl/N-ethyl adjacent to an activating group) is 1. The lowest BCUT2D eigenvalue weighted by Gasteiger charge is -2.32. The van der Waals surface area contributed by atoms with E-state index in [-0.39, 0.29) is 34.8 Å². The quantitative estimate of drug-likeness (QED) is 0.660. The summed E-state index contributed by atoms with van der Waals surface area (Å²) >= 11 is 0. The number of amides is 1. The van der Waals surface area contributed by atoms with Crippen LogP contribution >= 0.6 is 0 Å². The smallest absolute Gasteiger partial charge is 0.387 e. The highest BCUT2D eigenvalue weighted by Crippen LogP contribution is 2.37. The van der Waals surface area contributed by atoms with Gasteiger partial charge in [0, 0.05) is 31.7 Å². The Labute approximate surface area is 185 Å². The number of oxazole rings is 1. The Balaban J connectivity index is 1.62. The van der Waals surface area contributed by atoms with E-state index in [0.29, 0.717) is 31.2 Å². The van der Waals surface area contributed by atoms with E-state index in [1.54, 1.807) is 24.0 Å². The summed E-state index contributed by atoms with van der Waals surface area (Å²) in [6.07, 6.45) is 2.11. The molecule has 174 valence electrons. The van der Waals surface area contributed by atoms with Gasteiger partial charge in [0.25, 0.3) is 5.91 Å². The fourth-order valence-corrected chi connectivity index (χ4v) is 3.52. The summed E-state index contributed by atoms with van der Waals surface area (Å²) in [5.41, 5.74) is 6.71. The molecular weight excluding hydrogens is 422 g/mol. The maximum absolute atomic E-state index is 13.1. The van der Waals surface area contributed by atoms with E-state index in [2.05, 4.69) is 14.6 Å². The van der Waals surface area contributed by atoms with Crippen molar-refractivity contribution in [3.05, 3.63) is 29.7 Å². The molecule has 1 aromatic carbocycles. The molecule has 1 saturated carbocycles. The van der Waals surface area contributed by atoms with Crippen molar-refractivity contribution in [3.63, 3.8) is 0 Å². The molecule has 10 heteroatoms. The first-order valence-electron chi connectivity index (χ1n) is 10.8. The molecule has 1 aliphatic heterocycles. The van der Waals surface area contributed by atoms with E-state index >= 15 is 0 Å². The van der Waals surface area contributed by atoms with E-state index in [1.807, 2.05) is 7.05 Å².